The number of para-hydroxylation sites is 1. The molecule has 0 bridgehead atoms. The van der Waals surface area contributed by atoms with Crippen LogP contribution in [0, 0.1) is 13.8 Å². The molecule has 0 amide bonds. The SMILES string of the molecule is Cc1cc2cccc3c2c(c1C)c1c2c(cc[n+]1C)c1cccc(-c4nc(C(C)(C)C)nc(C(C)(C)C)n4)c1n32. The van der Waals surface area contributed by atoms with Crippen molar-refractivity contribution in [1.29, 1.82) is 0 Å². The summed E-state index contributed by atoms with van der Waals surface area (Å²) in [5.74, 6) is 2.37. The molecule has 4 aromatic heterocycles. The maximum absolute atomic E-state index is 5.12. The summed E-state index contributed by atoms with van der Waals surface area (Å²) in [5, 5.41) is 6.36. The number of fused-ring (bicyclic) bond motifs is 5. The van der Waals surface area contributed by atoms with E-state index in [1.807, 2.05) is 0 Å². The van der Waals surface area contributed by atoms with Crippen LogP contribution in [0.2, 0.25) is 0 Å². The molecule has 0 atom stereocenters. The molecule has 0 radical (unpaired) electrons. The third kappa shape index (κ3) is 3.33. The Labute approximate surface area is 234 Å². The van der Waals surface area contributed by atoms with Gasteiger partial charge in [-0.2, -0.15) is 4.57 Å². The van der Waals surface area contributed by atoms with Crippen molar-refractivity contribution in [2.75, 3.05) is 0 Å². The van der Waals surface area contributed by atoms with E-state index in [1.165, 1.54) is 54.6 Å². The first-order valence-corrected chi connectivity index (χ1v) is 14.1. The first kappa shape index (κ1) is 24.9. The van der Waals surface area contributed by atoms with E-state index in [4.69, 9.17) is 15.0 Å². The van der Waals surface area contributed by atoms with Gasteiger partial charge in [-0.3, -0.25) is 0 Å². The lowest BCUT2D eigenvalue weighted by Gasteiger charge is -2.23. The van der Waals surface area contributed by atoms with Crippen LogP contribution in [0.25, 0.3) is 60.4 Å². The Morgan fingerprint density at radius 3 is 2.05 bits per heavy atom. The summed E-state index contributed by atoms with van der Waals surface area (Å²) in [6.45, 7) is 17.5. The number of pyridine rings is 2. The molecule has 0 unspecified atom stereocenters. The molecule has 40 heavy (non-hydrogen) atoms. The molecule has 200 valence electrons. The molecule has 0 N–H and O–H groups in total. The highest BCUT2D eigenvalue weighted by Gasteiger charge is 2.29. The Kier molecular flexibility index (Phi) is 4.96. The fourth-order valence-corrected chi connectivity index (χ4v) is 6.23. The van der Waals surface area contributed by atoms with E-state index < -0.39 is 0 Å². The maximum atomic E-state index is 5.12. The van der Waals surface area contributed by atoms with Crippen LogP contribution in [0.3, 0.4) is 0 Å². The van der Waals surface area contributed by atoms with E-state index >= 15 is 0 Å². The third-order valence-corrected chi connectivity index (χ3v) is 8.43. The summed E-state index contributed by atoms with van der Waals surface area (Å²) in [6, 6.07) is 17.8. The van der Waals surface area contributed by atoms with Crippen molar-refractivity contribution in [1.82, 2.24) is 19.4 Å². The van der Waals surface area contributed by atoms with Gasteiger partial charge in [0, 0.05) is 38.6 Å². The molecule has 0 saturated heterocycles. The summed E-state index contributed by atoms with van der Waals surface area (Å²) >= 11 is 0. The van der Waals surface area contributed by atoms with Crippen molar-refractivity contribution >= 4 is 49.0 Å². The van der Waals surface area contributed by atoms with E-state index in [0.717, 1.165) is 28.6 Å². The Bertz CT molecular complexity index is 2120. The molecule has 0 aliphatic rings. The fraction of sp³-hybridized carbons (Fsp3) is 0.314. The van der Waals surface area contributed by atoms with Crippen molar-refractivity contribution in [2.45, 2.75) is 66.2 Å². The minimum atomic E-state index is -0.204. The Morgan fingerprint density at radius 1 is 0.725 bits per heavy atom. The van der Waals surface area contributed by atoms with Gasteiger partial charge < -0.3 is 4.40 Å². The summed E-state index contributed by atoms with van der Waals surface area (Å²) in [4.78, 5) is 15.2. The van der Waals surface area contributed by atoms with Crippen molar-refractivity contribution in [3.05, 3.63) is 77.5 Å². The van der Waals surface area contributed by atoms with E-state index in [2.05, 4.69) is 126 Å². The highest BCUT2D eigenvalue weighted by Crippen LogP contribution is 2.43. The second-order valence-corrected chi connectivity index (χ2v) is 13.4. The number of hydrogen-bond donors (Lipinski definition) is 0. The lowest BCUT2D eigenvalue weighted by molar-refractivity contribution is -0.644. The van der Waals surface area contributed by atoms with E-state index in [0.29, 0.717) is 0 Å². The molecule has 4 heterocycles. The van der Waals surface area contributed by atoms with Crippen LogP contribution < -0.4 is 4.57 Å². The molecule has 0 fully saturated rings. The van der Waals surface area contributed by atoms with Crippen molar-refractivity contribution in [3.63, 3.8) is 0 Å². The number of nitrogens with zero attached hydrogens (tertiary/aromatic N) is 5. The predicted molar refractivity (Wildman–Crippen MR) is 165 cm³/mol. The minimum Gasteiger partial charge on any atom is -0.302 e. The van der Waals surface area contributed by atoms with Crippen LogP contribution in [0.1, 0.15) is 64.3 Å². The van der Waals surface area contributed by atoms with Crippen molar-refractivity contribution < 1.29 is 4.57 Å². The van der Waals surface area contributed by atoms with Crippen LogP contribution in [0.5, 0.6) is 0 Å². The fourth-order valence-electron chi connectivity index (χ4n) is 6.23. The third-order valence-electron chi connectivity index (χ3n) is 8.43. The number of aromatic nitrogens is 5. The lowest BCUT2D eigenvalue weighted by atomic mass is 9.93. The van der Waals surface area contributed by atoms with Crippen LogP contribution in [-0.4, -0.2) is 19.4 Å². The largest absolute Gasteiger partial charge is 0.302 e. The molecular formula is C35H36N5+. The maximum Gasteiger partial charge on any atom is 0.238 e. The Morgan fingerprint density at radius 2 is 1.38 bits per heavy atom. The second-order valence-electron chi connectivity index (χ2n) is 13.4. The first-order valence-electron chi connectivity index (χ1n) is 14.1. The van der Waals surface area contributed by atoms with Gasteiger partial charge in [0.2, 0.25) is 5.52 Å². The monoisotopic (exact) mass is 526 g/mol. The standard InChI is InChI=1S/C35H36N5/c1-19-18-21-12-10-15-25-27(21)26(20(19)2)30-29-23(16-17-39(30)9)22-13-11-14-24(28(22)40(25)29)31-36-32(34(3,4)5)38-33(37-31)35(6,7)8/h10-18H,1-9H3/q+1. The minimum absolute atomic E-state index is 0.204. The van der Waals surface area contributed by atoms with Crippen LogP contribution in [0.15, 0.2) is 54.7 Å². The zero-order valence-corrected chi connectivity index (χ0v) is 24.9. The molecule has 5 nitrogen and oxygen atoms in total. The van der Waals surface area contributed by atoms with Gasteiger partial charge in [0.1, 0.15) is 24.2 Å². The van der Waals surface area contributed by atoms with Crippen LogP contribution >= 0.6 is 0 Å². The van der Waals surface area contributed by atoms with Crippen LogP contribution in [-0.2, 0) is 17.9 Å². The first-order chi connectivity index (χ1) is 18.9. The van der Waals surface area contributed by atoms with Crippen molar-refractivity contribution in [3.8, 4) is 11.4 Å². The number of rotatable bonds is 1. The zero-order valence-electron chi connectivity index (χ0n) is 24.9. The van der Waals surface area contributed by atoms with Gasteiger partial charge >= 0.3 is 0 Å². The van der Waals surface area contributed by atoms with E-state index in [1.54, 1.807) is 0 Å². The summed E-state index contributed by atoms with van der Waals surface area (Å²) in [7, 11) is 2.16. The van der Waals surface area contributed by atoms with Gasteiger partial charge in [-0.15, -0.1) is 0 Å². The summed E-state index contributed by atoms with van der Waals surface area (Å²) < 4.78 is 4.75. The number of hydrogen-bond acceptors (Lipinski definition) is 3. The van der Waals surface area contributed by atoms with Gasteiger partial charge in [-0.1, -0.05) is 71.9 Å². The van der Waals surface area contributed by atoms with Gasteiger partial charge in [0.15, 0.2) is 12.0 Å². The Balaban J connectivity index is 1.75. The van der Waals surface area contributed by atoms with Crippen LogP contribution in [0.4, 0.5) is 0 Å². The van der Waals surface area contributed by atoms with Gasteiger partial charge in [-0.25, -0.2) is 15.0 Å². The smallest absolute Gasteiger partial charge is 0.238 e. The van der Waals surface area contributed by atoms with E-state index in [-0.39, 0.29) is 10.8 Å². The average molecular weight is 527 g/mol. The Hall–Kier alpha value is -4.12. The van der Waals surface area contributed by atoms with Gasteiger partial charge in [-0.05, 0) is 42.5 Å². The lowest BCUT2D eigenvalue weighted by Crippen LogP contribution is -2.29. The normalized spacial score (nSPS) is 13.1. The molecule has 7 rings (SSSR count). The second kappa shape index (κ2) is 7.97. The average Bonchev–Trinajstić information content (AvgIpc) is 3.23. The van der Waals surface area contributed by atoms with Gasteiger partial charge in [0.05, 0.1) is 16.4 Å². The van der Waals surface area contributed by atoms with E-state index in [9.17, 15) is 0 Å². The number of benzene rings is 3. The number of aryl methyl sites for hydroxylation is 3. The highest BCUT2D eigenvalue weighted by molar-refractivity contribution is 6.26. The molecule has 7 aromatic rings. The molecule has 3 aromatic carbocycles. The zero-order chi connectivity index (χ0) is 28.3. The predicted octanol–water partition coefficient (Wildman–Crippen LogP) is 7.88. The molecule has 0 aliphatic heterocycles. The molecule has 5 heteroatoms. The van der Waals surface area contributed by atoms with Gasteiger partial charge in [0.25, 0.3) is 0 Å². The molecule has 0 spiro atoms. The quantitative estimate of drug-likeness (QED) is 0.124. The molecule has 0 aliphatic carbocycles. The van der Waals surface area contributed by atoms with Crippen molar-refractivity contribution in [2.24, 2.45) is 7.05 Å². The molecular weight excluding hydrogens is 490 g/mol. The summed E-state index contributed by atoms with van der Waals surface area (Å²) in [6.07, 6.45) is 2.20. The topological polar surface area (TPSA) is 47.0 Å². The summed E-state index contributed by atoms with van der Waals surface area (Å²) in [5.41, 5.74) is 8.13. The highest BCUT2D eigenvalue weighted by atomic mass is 15.1. The molecule has 0 saturated carbocycles.